The van der Waals surface area contributed by atoms with Gasteiger partial charge in [0, 0.05) is 20.3 Å². The van der Waals surface area contributed by atoms with Crippen LogP contribution in [0.5, 0.6) is 0 Å². The van der Waals surface area contributed by atoms with E-state index in [1.165, 1.54) is 11.1 Å². The second-order valence-corrected chi connectivity index (χ2v) is 5.66. The van der Waals surface area contributed by atoms with E-state index in [9.17, 15) is 0 Å². The average molecular weight is 293 g/mol. The van der Waals surface area contributed by atoms with Gasteiger partial charge in [-0.3, -0.25) is 0 Å². The summed E-state index contributed by atoms with van der Waals surface area (Å²) in [7, 11) is 1.70. The lowest BCUT2D eigenvalue weighted by atomic mass is 9.79. The van der Waals surface area contributed by atoms with Crippen LogP contribution in [0.15, 0.2) is 24.3 Å². The standard InChI is InChI=1S/C17H27NO3/c1-13-12-16(21-11-10-20-9-5-8-19-2)17(18)15-7-4-3-6-14(13)15/h3-4,6-7,13,16-17H,5,8-12,18H2,1-2H3. The molecule has 3 atom stereocenters. The number of hydrogen-bond donors (Lipinski definition) is 1. The highest BCUT2D eigenvalue weighted by molar-refractivity contribution is 5.35. The van der Waals surface area contributed by atoms with Crippen LogP contribution in [0.3, 0.4) is 0 Å². The van der Waals surface area contributed by atoms with Gasteiger partial charge >= 0.3 is 0 Å². The summed E-state index contributed by atoms with van der Waals surface area (Å²) in [5.74, 6) is 0.494. The minimum atomic E-state index is -0.0362. The maximum Gasteiger partial charge on any atom is 0.0774 e. The molecule has 0 bridgehead atoms. The summed E-state index contributed by atoms with van der Waals surface area (Å²) in [5.41, 5.74) is 8.94. The fourth-order valence-corrected chi connectivity index (χ4v) is 2.92. The number of rotatable bonds is 8. The molecule has 4 heteroatoms. The number of ether oxygens (including phenoxy) is 3. The van der Waals surface area contributed by atoms with E-state index in [4.69, 9.17) is 19.9 Å². The molecule has 1 aromatic rings. The fraction of sp³-hybridized carbons (Fsp3) is 0.647. The summed E-state index contributed by atoms with van der Waals surface area (Å²) in [6.45, 7) is 4.90. The third-order valence-corrected chi connectivity index (χ3v) is 4.07. The second-order valence-electron chi connectivity index (χ2n) is 5.66. The Labute approximate surface area is 127 Å². The van der Waals surface area contributed by atoms with Gasteiger partial charge in [0.05, 0.1) is 25.4 Å². The van der Waals surface area contributed by atoms with Crippen LogP contribution < -0.4 is 5.73 Å². The molecule has 0 saturated heterocycles. The number of benzene rings is 1. The lowest BCUT2D eigenvalue weighted by Gasteiger charge is -2.34. The first-order chi connectivity index (χ1) is 10.2. The molecule has 118 valence electrons. The second kappa shape index (κ2) is 8.49. The van der Waals surface area contributed by atoms with Gasteiger partial charge in [0.15, 0.2) is 0 Å². The molecule has 1 aliphatic rings. The Morgan fingerprint density at radius 2 is 1.86 bits per heavy atom. The van der Waals surface area contributed by atoms with E-state index in [-0.39, 0.29) is 12.1 Å². The van der Waals surface area contributed by atoms with Crippen LogP contribution in [0.2, 0.25) is 0 Å². The van der Waals surface area contributed by atoms with Gasteiger partial charge in [0.1, 0.15) is 0 Å². The van der Waals surface area contributed by atoms with Crippen molar-refractivity contribution in [3.8, 4) is 0 Å². The SMILES string of the molecule is COCCCOCCOC1CC(C)c2ccccc2C1N. The largest absolute Gasteiger partial charge is 0.385 e. The first-order valence-electron chi connectivity index (χ1n) is 7.76. The molecule has 1 aromatic carbocycles. The van der Waals surface area contributed by atoms with Crippen molar-refractivity contribution >= 4 is 0 Å². The molecule has 0 amide bonds. The lowest BCUT2D eigenvalue weighted by Crippen LogP contribution is -2.35. The molecule has 0 fully saturated rings. The molecular formula is C17H27NO3. The Morgan fingerprint density at radius 1 is 1.10 bits per heavy atom. The maximum atomic E-state index is 6.35. The zero-order valence-corrected chi connectivity index (χ0v) is 13.1. The first-order valence-corrected chi connectivity index (χ1v) is 7.76. The van der Waals surface area contributed by atoms with Crippen molar-refractivity contribution in [3.63, 3.8) is 0 Å². The van der Waals surface area contributed by atoms with Gasteiger partial charge < -0.3 is 19.9 Å². The molecule has 0 aromatic heterocycles. The van der Waals surface area contributed by atoms with Crippen molar-refractivity contribution < 1.29 is 14.2 Å². The number of hydrogen-bond acceptors (Lipinski definition) is 4. The van der Waals surface area contributed by atoms with E-state index in [1.54, 1.807) is 7.11 Å². The van der Waals surface area contributed by atoms with Crippen LogP contribution in [0, 0.1) is 0 Å². The minimum absolute atomic E-state index is 0.0362. The monoisotopic (exact) mass is 293 g/mol. The minimum Gasteiger partial charge on any atom is -0.385 e. The van der Waals surface area contributed by atoms with Crippen LogP contribution in [-0.2, 0) is 14.2 Å². The summed E-state index contributed by atoms with van der Waals surface area (Å²) in [5, 5.41) is 0. The van der Waals surface area contributed by atoms with Crippen molar-refractivity contribution in [2.75, 3.05) is 33.5 Å². The predicted octanol–water partition coefficient (Wildman–Crippen LogP) is 2.63. The van der Waals surface area contributed by atoms with Crippen molar-refractivity contribution in [1.29, 1.82) is 0 Å². The van der Waals surface area contributed by atoms with Gasteiger partial charge in [-0.15, -0.1) is 0 Å². The Bertz CT molecular complexity index is 424. The summed E-state index contributed by atoms with van der Waals surface area (Å²) in [6, 6.07) is 8.39. The van der Waals surface area contributed by atoms with Gasteiger partial charge in [0.2, 0.25) is 0 Å². The third-order valence-electron chi connectivity index (χ3n) is 4.07. The Morgan fingerprint density at radius 3 is 2.62 bits per heavy atom. The summed E-state index contributed by atoms with van der Waals surface area (Å²) in [4.78, 5) is 0. The van der Waals surface area contributed by atoms with E-state index in [1.807, 2.05) is 6.07 Å². The number of fused-ring (bicyclic) bond motifs is 1. The van der Waals surface area contributed by atoms with Crippen LogP contribution in [0.4, 0.5) is 0 Å². The molecule has 1 aliphatic carbocycles. The van der Waals surface area contributed by atoms with E-state index in [2.05, 4.69) is 25.1 Å². The Hall–Kier alpha value is -0.940. The van der Waals surface area contributed by atoms with Crippen molar-refractivity contribution in [1.82, 2.24) is 0 Å². The molecule has 3 unspecified atom stereocenters. The molecule has 2 N–H and O–H groups in total. The predicted molar refractivity (Wildman–Crippen MR) is 83.5 cm³/mol. The van der Waals surface area contributed by atoms with E-state index < -0.39 is 0 Å². The molecule has 4 nitrogen and oxygen atoms in total. The molecular weight excluding hydrogens is 266 g/mol. The van der Waals surface area contributed by atoms with Crippen LogP contribution in [0.1, 0.15) is 42.9 Å². The van der Waals surface area contributed by atoms with Gasteiger partial charge in [-0.2, -0.15) is 0 Å². The molecule has 0 spiro atoms. The highest BCUT2D eigenvalue weighted by Gasteiger charge is 2.30. The Kier molecular flexibility index (Phi) is 6.64. The number of nitrogens with two attached hydrogens (primary N) is 1. The van der Waals surface area contributed by atoms with Crippen LogP contribution >= 0.6 is 0 Å². The van der Waals surface area contributed by atoms with Gasteiger partial charge in [-0.25, -0.2) is 0 Å². The molecule has 2 rings (SSSR count). The van der Waals surface area contributed by atoms with Crippen molar-refractivity contribution in [2.45, 2.75) is 37.8 Å². The molecule has 21 heavy (non-hydrogen) atoms. The number of methoxy groups -OCH3 is 1. The summed E-state index contributed by atoms with van der Waals surface area (Å²) in [6.07, 6.45) is 1.98. The van der Waals surface area contributed by atoms with Gasteiger partial charge in [-0.1, -0.05) is 31.2 Å². The van der Waals surface area contributed by atoms with Crippen LogP contribution in [-0.4, -0.2) is 39.6 Å². The fourth-order valence-electron chi connectivity index (χ4n) is 2.92. The highest BCUT2D eigenvalue weighted by atomic mass is 16.5. The van der Waals surface area contributed by atoms with E-state index >= 15 is 0 Å². The zero-order valence-electron chi connectivity index (χ0n) is 13.1. The summed E-state index contributed by atoms with van der Waals surface area (Å²) >= 11 is 0. The van der Waals surface area contributed by atoms with Gasteiger partial charge in [0.25, 0.3) is 0 Å². The van der Waals surface area contributed by atoms with Crippen molar-refractivity contribution in [2.24, 2.45) is 5.73 Å². The van der Waals surface area contributed by atoms with E-state index in [0.717, 1.165) is 19.4 Å². The van der Waals surface area contributed by atoms with Crippen LogP contribution in [0.25, 0.3) is 0 Å². The first kappa shape index (κ1) is 16.4. The zero-order chi connectivity index (χ0) is 15.1. The Balaban J connectivity index is 1.75. The van der Waals surface area contributed by atoms with Gasteiger partial charge in [-0.05, 0) is 29.9 Å². The topological polar surface area (TPSA) is 53.7 Å². The maximum absolute atomic E-state index is 6.35. The quantitative estimate of drug-likeness (QED) is 0.749. The lowest BCUT2D eigenvalue weighted by molar-refractivity contribution is -0.0179. The highest BCUT2D eigenvalue weighted by Crippen LogP contribution is 2.37. The molecule has 0 heterocycles. The third kappa shape index (κ3) is 4.51. The molecule has 0 saturated carbocycles. The molecule has 0 radical (unpaired) electrons. The smallest absolute Gasteiger partial charge is 0.0774 e. The van der Waals surface area contributed by atoms with Crippen molar-refractivity contribution in [3.05, 3.63) is 35.4 Å². The summed E-state index contributed by atoms with van der Waals surface area (Å²) < 4.78 is 16.4. The molecule has 0 aliphatic heterocycles. The normalized spacial score (nSPS) is 24.8. The average Bonchev–Trinajstić information content (AvgIpc) is 2.51. The van der Waals surface area contributed by atoms with E-state index in [0.29, 0.717) is 25.7 Å².